The van der Waals surface area contributed by atoms with Crippen LogP contribution in [-0.4, -0.2) is 22.2 Å². The first-order valence-electron chi connectivity index (χ1n) is 6.29. The van der Waals surface area contributed by atoms with Gasteiger partial charge < -0.3 is 14.4 Å². The lowest BCUT2D eigenvalue weighted by molar-refractivity contribution is -0.143. The molecule has 0 bridgehead atoms. The van der Waals surface area contributed by atoms with E-state index in [2.05, 4.69) is 0 Å². The van der Waals surface area contributed by atoms with Gasteiger partial charge in [0.05, 0.1) is 10.0 Å². The summed E-state index contributed by atoms with van der Waals surface area (Å²) in [5.74, 6) is -1.24. The van der Waals surface area contributed by atoms with E-state index in [1.54, 1.807) is 0 Å². The summed E-state index contributed by atoms with van der Waals surface area (Å²) in [6.45, 7) is -0.659. The molecule has 0 unspecified atom stereocenters. The minimum atomic E-state index is -4.69. The summed E-state index contributed by atoms with van der Waals surface area (Å²) in [6, 6.07) is 4.03. The quantitative estimate of drug-likeness (QED) is 0.771. The number of halogens is 6. The molecule has 0 aliphatic heterocycles. The Bertz CT molecular complexity index is 803. The maximum Gasteiger partial charge on any atom is 0.432 e. The predicted molar refractivity (Wildman–Crippen MR) is 84.0 cm³/mol. The van der Waals surface area contributed by atoms with Gasteiger partial charge in [0.1, 0.15) is 16.6 Å². The molecule has 0 atom stereocenters. The molecule has 0 aliphatic rings. The third kappa shape index (κ3) is 3.58. The molecule has 0 aliphatic carbocycles. The second-order valence-electron chi connectivity index (χ2n) is 4.71. The monoisotopic (exact) mass is 401 g/mol. The van der Waals surface area contributed by atoms with Crippen LogP contribution in [0.15, 0.2) is 18.2 Å². The maximum atomic E-state index is 13.1. The van der Waals surface area contributed by atoms with Gasteiger partial charge in [0.15, 0.2) is 6.61 Å². The number of carboxylic acids is 1. The second kappa shape index (κ2) is 6.74. The highest BCUT2D eigenvalue weighted by Crippen LogP contribution is 2.46. The largest absolute Gasteiger partial charge is 0.480 e. The molecule has 0 spiro atoms. The van der Waals surface area contributed by atoms with Crippen LogP contribution in [0.2, 0.25) is 15.2 Å². The van der Waals surface area contributed by atoms with Crippen LogP contribution in [0.25, 0.3) is 11.1 Å². The summed E-state index contributed by atoms with van der Waals surface area (Å²) in [6.07, 6.45) is -4.69. The number of hydrogen-bond acceptors (Lipinski definition) is 2. The SMILES string of the molecule is Cn1c(Cl)c(-c2ccc(Cl)c(OCC(=O)O)c2)c(Cl)c1C(F)(F)F. The number of nitrogens with zero attached hydrogens (tertiary/aromatic N) is 1. The first-order valence-corrected chi connectivity index (χ1v) is 7.42. The molecule has 1 aromatic carbocycles. The Morgan fingerprint density at radius 2 is 1.92 bits per heavy atom. The third-order valence-electron chi connectivity index (χ3n) is 3.10. The van der Waals surface area contributed by atoms with E-state index in [1.165, 1.54) is 18.2 Å². The molecule has 24 heavy (non-hydrogen) atoms. The zero-order chi connectivity index (χ0) is 18.2. The van der Waals surface area contributed by atoms with Gasteiger partial charge in [-0.2, -0.15) is 13.2 Å². The van der Waals surface area contributed by atoms with Crippen LogP contribution in [0.5, 0.6) is 5.75 Å². The first-order chi connectivity index (χ1) is 11.0. The zero-order valence-electron chi connectivity index (χ0n) is 11.9. The lowest BCUT2D eigenvalue weighted by Gasteiger charge is -2.09. The Hall–Kier alpha value is -1.57. The van der Waals surface area contributed by atoms with E-state index < -0.39 is 29.5 Å². The van der Waals surface area contributed by atoms with Crippen LogP contribution >= 0.6 is 34.8 Å². The Morgan fingerprint density at radius 1 is 1.29 bits per heavy atom. The average Bonchev–Trinajstić information content (AvgIpc) is 2.68. The Labute approximate surface area is 149 Å². The minimum Gasteiger partial charge on any atom is -0.480 e. The van der Waals surface area contributed by atoms with Crippen molar-refractivity contribution < 1.29 is 27.8 Å². The van der Waals surface area contributed by atoms with E-state index in [-0.39, 0.29) is 27.1 Å². The number of aliphatic carboxylic acids is 1. The average molecular weight is 403 g/mol. The van der Waals surface area contributed by atoms with Crippen molar-refractivity contribution >= 4 is 40.8 Å². The van der Waals surface area contributed by atoms with E-state index in [1.807, 2.05) is 0 Å². The first kappa shape index (κ1) is 18.8. The van der Waals surface area contributed by atoms with Gasteiger partial charge in [0, 0.05) is 12.6 Å². The third-order valence-corrected chi connectivity index (χ3v) is 4.23. The number of rotatable bonds is 4. The van der Waals surface area contributed by atoms with Crippen LogP contribution in [0.1, 0.15) is 5.69 Å². The Morgan fingerprint density at radius 3 is 2.42 bits per heavy atom. The van der Waals surface area contributed by atoms with Gasteiger partial charge in [-0.3, -0.25) is 0 Å². The van der Waals surface area contributed by atoms with E-state index in [0.717, 1.165) is 11.6 Å². The predicted octanol–water partition coefficient (Wildman–Crippen LogP) is 5.13. The molecule has 0 amide bonds. The number of alkyl halides is 3. The second-order valence-corrected chi connectivity index (χ2v) is 5.86. The highest BCUT2D eigenvalue weighted by Gasteiger charge is 2.39. The molecule has 0 saturated heterocycles. The van der Waals surface area contributed by atoms with Crippen LogP contribution in [0.3, 0.4) is 0 Å². The standard InChI is InChI=1S/C14H9Cl3F3NO3/c1-21-12(14(18,19)20)11(16)10(13(21)17)6-2-3-7(15)8(4-6)24-5-9(22)23/h2-4H,5H2,1H3,(H,22,23). The molecular weight excluding hydrogens is 394 g/mol. The van der Waals surface area contributed by atoms with Gasteiger partial charge >= 0.3 is 12.1 Å². The van der Waals surface area contributed by atoms with Crippen molar-refractivity contribution in [1.82, 2.24) is 4.57 Å². The summed E-state index contributed by atoms with van der Waals surface area (Å²) in [5.41, 5.74) is -0.932. The molecule has 1 N–H and O–H groups in total. The summed E-state index contributed by atoms with van der Waals surface area (Å²) in [5, 5.41) is 7.94. The highest BCUT2D eigenvalue weighted by atomic mass is 35.5. The fraction of sp³-hybridized carbons (Fsp3) is 0.214. The molecular formula is C14H9Cl3F3NO3. The van der Waals surface area contributed by atoms with E-state index in [9.17, 15) is 18.0 Å². The van der Waals surface area contributed by atoms with Crippen molar-refractivity contribution in [3.05, 3.63) is 39.1 Å². The van der Waals surface area contributed by atoms with Gasteiger partial charge in [-0.15, -0.1) is 0 Å². The van der Waals surface area contributed by atoms with Crippen molar-refractivity contribution in [2.45, 2.75) is 6.18 Å². The smallest absolute Gasteiger partial charge is 0.432 e. The summed E-state index contributed by atoms with van der Waals surface area (Å²) < 4.78 is 45.0. The molecule has 0 saturated carbocycles. The molecule has 4 nitrogen and oxygen atoms in total. The molecule has 1 heterocycles. The fourth-order valence-electron chi connectivity index (χ4n) is 2.09. The summed E-state index contributed by atoms with van der Waals surface area (Å²) >= 11 is 17.8. The molecule has 1 aromatic heterocycles. The lowest BCUT2D eigenvalue weighted by atomic mass is 10.1. The number of hydrogen-bond donors (Lipinski definition) is 1. The molecule has 0 radical (unpaired) electrons. The number of ether oxygens (including phenoxy) is 1. The van der Waals surface area contributed by atoms with Crippen molar-refractivity contribution in [3.63, 3.8) is 0 Å². The van der Waals surface area contributed by atoms with Crippen molar-refractivity contribution in [3.8, 4) is 16.9 Å². The number of carboxylic acid groups (broad SMARTS) is 1. The highest BCUT2D eigenvalue weighted by molar-refractivity contribution is 6.40. The van der Waals surface area contributed by atoms with Crippen LogP contribution in [0, 0.1) is 0 Å². The van der Waals surface area contributed by atoms with Gasteiger partial charge in [-0.05, 0) is 17.7 Å². The van der Waals surface area contributed by atoms with Crippen molar-refractivity contribution in [2.24, 2.45) is 7.05 Å². The van der Waals surface area contributed by atoms with Crippen LogP contribution < -0.4 is 4.74 Å². The summed E-state index contributed by atoms with van der Waals surface area (Å²) in [4.78, 5) is 10.6. The number of carbonyl (C=O) groups is 1. The maximum absolute atomic E-state index is 13.1. The van der Waals surface area contributed by atoms with Crippen LogP contribution in [-0.2, 0) is 18.0 Å². The van der Waals surface area contributed by atoms with Gasteiger partial charge in [0.25, 0.3) is 0 Å². The van der Waals surface area contributed by atoms with Crippen LogP contribution in [0.4, 0.5) is 13.2 Å². The van der Waals surface area contributed by atoms with Gasteiger partial charge in [-0.25, -0.2) is 4.79 Å². The molecule has 10 heteroatoms. The topological polar surface area (TPSA) is 51.5 Å². The van der Waals surface area contributed by atoms with E-state index in [0.29, 0.717) is 0 Å². The molecule has 0 fully saturated rings. The number of benzene rings is 1. The minimum absolute atomic E-state index is 0.0129. The molecule has 2 rings (SSSR count). The molecule has 130 valence electrons. The molecule has 2 aromatic rings. The Balaban J connectivity index is 2.57. The van der Waals surface area contributed by atoms with Crippen molar-refractivity contribution in [2.75, 3.05) is 6.61 Å². The Kier molecular flexibility index (Phi) is 5.27. The van der Waals surface area contributed by atoms with Gasteiger partial charge in [0.2, 0.25) is 0 Å². The normalized spacial score (nSPS) is 11.6. The lowest BCUT2D eigenvalue weighted by Crippen LogP contribution is -2.11. The van der Waals surface area contributed by atoms with Gasteiger partial charge in [-0.1, -0.05) is 40.9 Å². The number of aromatic nitrogens is 1. The van der Waals surface area contributed by atoms with Crippen molar-refractivity contribution in [1.29, 1.82) is 0 Å². The summed E-state index contributed by atoms with van der Waals surface area (Å²) in [7, 11) is 1.14. The van der Waals surface area contributed by atoms with E-state index >= 15 is 0 Å². The zero-order valence-corrected chi connectivity index (χ0v) is 14.2. The van der Waals surface area contributed by atoms with E-state index in [4.69, 9.17) is 44.6 Å². The fourth-order valence-corrected chi connectivity index (χ4v) is 3.03.